The van der Waals surface area contributed by atoms with Crippen LogP contribution in [0.4, 0.5) is 5.69 Å². The zero-order valence-corrected chi connectivity index (χ0v) is 19.4. The maximum atomic E-state index is 13.1. The van der Waals surface area contributed by atoms with Gasteiger partial charge in [-0.3, -0.25) is 9.59 Å². The molecular weight excluding hydrogens is 460 g/mol. The fourth-order valence-corrected chi connectivity index (χ4v) is 5.63. The molecule has 0 aromatic heterocycles. The molecular formula is C25H23ClN2O4S. The number of rotatable bonds is 6. The fourth-order valence-electron chi connectivity index (χ4n) is 3.91. The van der Waals surface area contributed by atoms with Crippen LogP contribution in [-0.4, -0.2) is 37.5 Å². The third kappa shape index (κ3) is 5.16. The van der Waals surface area contributed by atoms with Gasteiger partial charge in [0.05, 0.1) is 16.5 Å². The van der Waals surface area contributed by atoms with Crippen LogP contribution in [0.15, 0.2) is 83.8 Å². The van der Waals surface area contributed by atoms with Gasteiger partial charge >= 0.3 is 0 Å². The highest BCUT2D eigenvalue weighted by Crippen LogP contribution is 2.27. The number of halogens is 1. The van der Waals surface area contributed by atoms with Crippen LogP contribution in [0, 0.1) is 5.92 Å². The Morgan fingerprint density at radius 1 is 0.939 bits per heavy atom. The molecule has 3 aromatic carbocycles. The molecule has 1 aliphatic rings. The number of hydrogen-bond donors (Lipinski definition) is 1. The molecule has 1 amide bonds. The molecule has 33 heavy (non-hydrogen) atoms. The quantitative estimate of drug-likeness (QED) is 0.520. The van der Waals surface area contributed by atoms with Gasteiger partial charge < -0.3 is 5.32 Å². The average Bonchev–Trinajstić information content (AvgIpc) is 2.85. The SMILES string of the molecule is O=C(c1ccccc1)c1cc(Cl)ccc1NC(=O)[C@@H]1CCCN(S(=O)(=O)c2ccccc2)C1. The molecule has 3 aromatic rings. The fraction of sp³-hybridized carbons (Fsp3) is 0.200. The van der Waals surface area contributed by atoms with E-state index in [0.29, 0.717) is 35.7 Å². The van der Waals surface area contributed by atoms with Crippen molar-refractivity contribution in [2.75, 3.05) is 18.4 Å². The molecule has 1 fully saturated rings. The Labute approximate surface area is 198 Å². The van der Waals surface area contributed by atoms with Crippen molar-refractivity contribution in [1.29, 1.82) is 0 Å². The summed E-state index contributed by atoms with van der Waals surface area (Å²) < 4.78 is 27.3. The number of piperidine rings is 1. The number of amides is 1. The predicted octanol–water partition coefficient (Wildman–Crippen LogP) is 4.61. The first-order valence-corrected chi connectivity index (χ1v) is 12.4. The van der Waals surface area contributed by atoms with Crippen molar-refractivity contribution in [2.24, 2.45) is 5.92 Å². The summed E-state index contributed by atoms with van der Waals surface area (Å²) in [6.45, 7) is 0.443. The summed E-state index contributed by atoms with van der Waals surface area (Å²) in [5, 5.41) is 3.21. The van der Waals surface area contributed by atoms with Gasteiger partial charge in [-0.2, -0.15) is 4.31 Å². The molecule has 1 aliphatic heterocycles. The van der Waals surface area contributed by atoms with Crippen LogP contribution in [0.2, 0.25) is 5.02 Å². The van der Waals surface area contributed by atoms with E-state index in [1.807, 2.05) is 6.07 Å². The van der Waals surface area contributed by atoms with Crippen molar-refractivity contribution in [3.8, 4) is 0 Å². The van der Waals surface area contributed by atoms with E-state index in [2.05, 4.69) is 5.32 Å². The molecule has 1 N–H and O–H groups in total. The minimum atomic E-state index is -3.68. The average molecular weight is 483 g/mol. The summed E-state index contributed by atoms with van der Waals surface area (Å²) in [7, 11) is -3.68. The number of nitrogens with one attached hydrogen (secondary N) is 1. The lowest BCUT2D eigenvalue weighted by Gasteiger charge is -2.31. The molecule has 0 bridgehead atoms. The minimum absolute atomic E-state index is 0.0820. The lowest BCUT2D eigenvalue weighted by atomic mass is 9.97. The largest absolute Gasteiger partial charge is 0.325 e. The third-order valence-electron chi connectivity index (χ3n) is 5.66. The molecule has 0 spiro atoms. The monoisotopic (exact) mass is 482 g/mol. The number of benzene rings is 3. The Hall–Kier alpha value is -3.00. The second-order valence-corrected chi connectivity index (χ2v) is 10.3. The van der Waals surface area contributed by atoms with E-state index >= 15 is 0 Å². The van der Waals surface area contributed by atoms with Gasteiger partial charge in [0, 0.05) is 29.2 Å². The molecule has 0 unspecified atom stereocenters. The van der Waals surface area contributed by atoms with Crippen LogP contribution in [0.1, 0.15) is 28.8 Å². The molecule has 4 rings (SSSR count). The van der Waals surface area contributed by atoms with Crippen molar-refractivity contribution < 1.29 is 18.0 Å². The van der Waals surface area contributed by atoms with Gasteiger partial charge in [0.25, 0.3) is 0 Å². The normalized spacial score (nSPS) is 16.8. The molecule has 170 valence electrons. The summed E-state index contributed by atoms with van der Waals surface area (Å²) in [5.41, 5.74) is 1.11. The number of ketones is 1. The number of anilines is 1. The van der Waals surface area contributed by atoms with E-state index in [9.17, 15) is 18.0 Å². The van der Waals surface area contributed by atoms with Crippen LogP contribution in [0.25, 0.3) is 0 Å². The smallest absolute Gasteiger partial charge is 0.243 e. The number of carbonyl (C=O) groups excluding carboxylic acids is 2. The molecule has 0 saturated carbocycles. The maximum absolute atomic E-state index is 13.1. The van der Waals surface area contributed by atoms with Crippen molar-refractivity contribution in [1.82, 2.24) is 4.31 Å². The highest BCUT2D eigenvalue weighted by Gasteiger charge is 2.33. The van der Waals surface area contributed by atoms with Crippen molar-refractivity contribution in [3.05, 3.63) is 95.0 Å². The van der Waals surface area contributed by atoms with Crippen molar-refractivity contribution >= 4 is 39.0 Å². The van der Waals surface area contributed by atoms with Gasteiger partial charge in [-0.1, -0.05) is 60.1 Å². The molecule has 1 atom stereocenters. The minimum Gasteiger partial charge on any atom is -0.325 e. The molecule has 8 heteroatoms. The highest BCUT2D eigenvalue weighted by molar-refractivity contribution is 7.89. The van der Waals surface area contributed by atoms with Gasteiger partial charge in [-0.05, 0) is 43.2 Å². The van der Waals surface area contributed by atoms with Crippen molar-refractivity contribution in [2.45, 2.75) is 17.7 Å². The van der Waals surface area contributed by atoms with E-state index in [-0.39, 0.29) is 28.7 Å². The topological polar surface area (TPSA) is 83.6 Å². The summed E-state index contributed by atoms with van der Waals surface area (Å²) in [6, 6.07) is 21.7. The zero-order chi connectivity index (χ0) is 23.4. The molecule has 0 radical (unpaired) electrons. The second-order valence-electron chi connectivity index (χ2n) is 7.89. The molecule has 1 heterocycles. The first-order chi connectivity index (χ1) is 15.9. The van der Waals surface area contributed by atoms with Crippen LogP contribution in [0.5, 0.6) is 0 Å². The Kier molecular flexibility index (Phi) is 6.93. The van der Waals surface area contributed by atoms with E-state index in [4.69, 9.17) is 11.6 Å². The summed E-state index contributed by atoms with van der Waals surface area (Å²) >= 11 is 6.12. The number of sulfonamides is 1. The molecule has 6 nitrogen and oxygen atoms in total. The van der Waals surface area contributed by atoms with Crippen LogP contribution >= 0.6 is 11.6 Å². The number of nitrogens with zero attached hydrogens (tertiary/aromatic N) is 1. The first kappa shape index (κ1) is 23.2. The van der Waals surface area contributed by atoms with E-state index in [1.165, 1.54) is 10.4 Å². The van der Waals surface area contributed by atoms with E-state index in [1.54, 1.807) is 66.7 Å². The van der Waals surface area contributed by atoms with E-state index < -0.39 is 15.9 Å². The standard InChI is InChI=1S/C25H23ClN2O4S/c26-20-13-14-23(22(16-20)24(29)18-8-3-1-4-9-18)27-25(30)19-10-7-15-28(17-19)33(31,32)21-11-5-2-6-12-21/h1-6,8-9,11-14,16,19H,7,10,15,17H2,(H,27,30)/t19-/m1/s1. The number of hydrogen-bond acceptors (Lipinski definition) is 4. The van der Waals surface area contributed by atoms with Gasteiger partial charge in [0.15, 0.2) is 5.78 Å². The lowest BCUT2D eigenvalue weighted by molar-refractivity contribution is -0.120. The molecule has 0 aliphatic carbocycles. The first-order valence-electron chi connectivity index (χ1n) is 10.6. The predicted molar refractivity (Wildman–Crippen MR) is 128 cm³/mol. The Bertz CT molecular complexity index is 1260. The number of carbonyl (C=O) groups is 2. The molecule has 1 saturated heterocycles. The van der Waals surface area contributed by atoms with Gasteiger partial charge in [-0.15, -0.1) is 0 Å². The Morgan fingerprint density at radius 3 is 2.30 bits per heavy atom. The van der Waals surface area contributed by atoms with Crippen LogP contribution in [0.3, 0.4) is 0 Å². The van der Waals surface area contributed by atoms with Crippen LogP contribution < -0.4 is 5.32 Å². The van der Waals surface area contributed by atoms with Gasteiger partial charge in [0.1, 0.15) is 0 Å². The summed E-state index contributed by atoms with van der Waals surface area (Å²) in [4.78, 5) is 26.3. The van der Waals surface area contributed by atoms with Gasteiger partial charge in [0.2, 0.25) is 15.9 Å². The summed E-state index contributed by atoms with van der Waals surface area (Å²) in [5.74, 6) is -1.12. The Balaban J connectivity index is 1.53. The Morgan fingerprint density at radius 2 is 1.61 bits per heavy atom. The van der Waals surface area contributed by atoms with E-state index in [0.717, 1.165) is 0 Å². The van der Waals surface area contributed by atoms with Gasteiger partial charge in [-0.25, -0.2) is 8.42 Å². The highest BCUT2D eigenvalue weighted by atomic mass is 35.5. The second kappa shape index (κ2) is 9.87. The van der Waals surface area contributed by atoms with Crippen molar-refractivity contribution in [3.63, 3.8) is 0 Å². The van der Waals surface area contributed by atoms with Crippen LogP contribution in [-0.2, 0) is 14.8 Å². The third-order valence-corrected chi connectivity index (χ3v) is 7.77. The maximum Gasteiger partial charge on any atom is 0.243 e. The summed E-state index contributed by atoms with van der Waals surface area (Å²) in [6.07, 6.45) is 1.13. The lowest BCUT2D eigenvalue weighted by Crippen LogP contribution is -2.43. The zero-order valence-electron chi connectivity index (χ0n) is 17.8.